The SMILES string of the molecule is Br.CCP1(CC)=CC=CC1. The molecule has 0 atom stereocenters. The van der Waals surface area contributed by atoms with E-state index in [1.54, 1.807) is 0 Å². The lowest BCUT2D eigenvalue weighted by Crippen LogP contribution is -1.91. The molecule has 0 saturated carbocycles. The maximum Gasteiger partial charge on any atom is -0.0143 e. The van der Waals surface area contributed by atoms with Crippen molar-refractivity contribution in [3.8, 4) is 0 Å². The predicted octanol–water partition coefficient (Wildman–Crippen LogP) is 2.99. The number of rotatable bonds is 2. The molecule has 0 fully saturated rings. The van der Waals surface area contributed by atoms with E-state index in [1.165, 1.54) is 18.5 Å². The molecule has 0 nitrogen and oxygen atoms in total. The summed E-state index contributed by atoms with van der Waals surface area (Å²) in [6.45, 7) is 4.10. The molecule has 0 radical (unpaired) electrons. The molecule has 0 aromatic rings. The highest BCUT2D eigenvalue weighted by Crippen LogP contribution is 2.47. The van der Waals surface area contributed by atoms with Crippen LogP contribution in [-0.4, -0.2) is 24.3 Å². The quantitative estimate of drug-likeness (QED) is 0.631. The van der Waals surface area contributed by atoms with Crippen LogP contribution in [0.5, 0.6) is 0 Å². The summed E-state index contributed by atoms with van der Waals surface area (Å²) in [6, 6.07) is 0. The normalized spacial score (nSPS) is 19.8. The van der Waals surface area contributed by atoms with Crippen LogP contribution in [0.25, 0.3) is 0 Å². The van der Waals surface area contributed by atoms with Gasteiger partial charge in [-0.25, -0.2) is 0 Å². The lowest BCUT2D eigenvalue weighted by Gasteiger charge is -2.16. The van der Waals surface area contributed by atoms with Crippen LogP contribution >= 0.6 is 23.9 Å². The van der Waals surface area contributed by atoms with E-state index < -0.39 is 6.89 Å². The first-order chi connectivity index (χ1) is 4.33. The van der Waals surface area contributed by atoms with Crippen molar-refractivity contribution in [3.05, 3.63) is 12.2 Å². The molecule has 60 valence electrons. The van der Waals surface area contributed by atoms with E-state index in [4.69, 9.17) is 0 Å². The fourth-order valence-electron chi connectivity index (χ4n) is 1.27. The van der Waals surface area contributed by atoms with Crippen molar-refractivity contribution >= 4 is 29.7 Å². The minimum Gasteiger partial charge on any atom is -0.114 e. The zero-order valence-corrected chi connectivity index (χ0v) is 9.32. The van der Waals surface area contributed by atoms with Gasteiger partial charge in [-0.05, 0) is 18.5 Å². The number of halogens is 1. The Morgan fingerprint density at radius 1 is 1.30 bits per heavy atom. The Morgan fingerprint density at radius 3 is 2.10 bits per heavy atom. The summed E-state index contributed by atoms with van der Waals surface area (Å²) >= 11 is 0. The lowest BCUT2D eigenvalue weighted by atomic mass is 10.6. The summed E-state index contributed by atoms with van der Waals surface area (Å²) in [6.07, 6.45) is 8.74. The van der Waals surface area contributed by atoms with Crippen molar-refractivity contribution in [2.75, 3.05) is 18.5 Å². The molecule has 10 heavy (non-hydrogen) atoms. The third-order valence-corrected chi connectivity index (χ3v) is 6.53. The minimum absolute atomic E-state index is 0. The van der Waals surface area contributed by atoms with Gasteiger partial charge < -0.3 is 0 Å². The third kappa shape index (κ3) is 2.00. The van der Waals surface area contributed by atoms with Crippen LogP contribution in [0.4, 0.5) is 0 Å². The van der Waals surface area contributed by atoms with E-state index in [0.29, 0.717) is 0 Å². The van der Waals surface area contributed by atoms with Gasteiger partial charge in [0, 0.05) is 0 Å². The summed E-state index contributed by atoms with van der Waals surface area (Å²) in [4.78, 5) is 0. The molecule has 0 unspecified atom stereocenters. The standard InChI is InChI=1S/C8H15P.BrH/c1-3-9(4-2)7-5-6-8-9;/h5-7H,3-4,8H2,1-2H3;1H. The molecule has 1 heterocycles. The van der Waals surface area contributed by atoms with E-state index in [2.05, 4.69) is 31.8 Å². The zero-order chi connectivity index (χ0) is 6.74. The van der Waals surface area contributed by atoms with Crippen LogP contribution < -0.4 is 0 Å². The van der Waals surface area contributed by atoms with Crippen LogP contribution in [0.3, 0.4) is 0 Å². The van der Waals surface area contributed by atoms with Crippen molar-refractivity contribution < 1.29 is 0 Å². The summed E-state index contributed by atoms with van der Waals surface area (Å²) in [5.74, 6) is 2.47. The monoisotopic (exact) mass is 222 g/mol. The minimum atomic E-state index is -0.545. The van der Waals surface area contributed by atoms with Gasteiger partial charge >= 0.3 is 0 Å². The second kappa shape index (κ2) is 4.41. The van der Waals surface area contributed by atoms with Gasteiger partial charge in [-0.1, -0.05) is 31.8 Å². The second-order valence-electron chi connectivity index (χ2n) is 2.61. The van der Waals surface area contributed by atoms with E-state index >= 15 is 0 Å². The van der Waals surface area contributed by atoms with Gasteiger partial charge in [0.05, 0.1) is 0 Å². The van der Waals surface area contributed by atoms with Gasteiger partial charge in [-0.15, -0.1) is 23.9 Å². The van der Waals surface area contributed by atoms with Crippen LogP contribution in [0.1, 0.15) is 13.8 Å². The molecule has 0 aromatic carbocycles. The van der Waals surface area contributed by atoms with E-state index in [9.17, 15) is 0 Å². The van der Waals surface area contributed by atoms with E-state index in [0.717, 1.165) is 0 Å². The van der Waals surface area contributed by atoms with Gasteiger partial charge in [-0.3, -0.25) is 0 Å². The van der Waals surface area contributed by atoms with Crippen LogP contribution in [-0.2, 0) is 0 Å². The Morgan fingerprint density at radius 2 is 1.90 bits per heavy atom. The molecule has 1 rings (SSSR count). The summed E-state index contributed by atoms with van der Waals surface area (Å²) in [5.41, 5.74) is 0. The zero-order valence-electron chi connectivity index (χ0n) is 6.71. The Balaban J connectivity index is 0.000000810. The maximum absolute atomic E-state index is 2.47. The average Bonchev–Trinajstić information content (AvgIpc) is 2.36. The van der Waals surface area contributed by atoms with Gasteiger partial charge in [0.2, 0.25) is 0 Å². The number of hydrogen-bond donors (Lipinski definition) is 0. The highest BCUT2D eigenvalue weighted by atomic mass is 79.9. The van der Waals surface area contributed by atoms with Gasteiger partial charge in [-0.2, -0.15) is 0 Å². The van der Waals surface area contributed by atoms with Crippen molar-refractivity contribution in [2.24, 2.45) is 0 Å². The molecule has 0 spiro atoms. The number of hydrogen-bond acceptors (Lipinski definition) is 0. The summed E-state index contributed by atoms with van der Waals surface area (Å²) in [7, 11) is 0. The van der Waals surface area contributed by atoms with E-state index in [-0.39, 0.29) is 17.0 Å². The second-order valence-corrected chi connectivity index (χ2v) is 6.98. The van der Waals surface area contributed by atoms with Crippen LogP contribution in [0.15, 0.2) is 12.2 Å². The van der Waals surface area contributed by atoms with Gasteiger partial charge in [0.25, 0.3) is 0 Å². The highest BCUT2D eigenvalue weighted by Gasteiger charge is 2.11. The lowest BCUT2D eigenvalue weighted by molar-refractivity contribution is 1.39. The van der Waals surface area contributed by atoms with Gasteiger partial charge in [0.1, 0.15) is 0 Å². The first kappa shape index (κ1) is 10.5. The Bertz CT molecular complexity index is 162. The molecular weight excluding hydrogens is 207 g/mol. The largest absolute Gasteiger partial charge is 0.114 e. The highest BCUT2D eigenvalue weighted by molar-refractivity contribution is 8.93. The molecule has 0 saturated heterocycles. The van der Waals surface area contributed by atoms with Gasteiger partial charge in [0.15, 0.2) is 0 Å². The van der Waals surface area contributed by atoms with Crippen molar-refractivity contribution in [3.63, 3.8) is 0 Å². The molecule has 0 aliphatic carbocycles. The van der Waals surface area contributed by atoms with Crippen molar-refractivity contribution in [1.82, 2.24) is 0 Å². The summed E-state index contributed by atoms with van der Waals surface area (Å²) < 4.78 is 0. The van der Waals surface area contributed by atoms with Crippen LogP contribution in [0, 0.1) is 0 Å². The Hall–Kier alpha value is 0.520. The topological polar surface area (TPSA) is 0 Å². The first-order valence-corrected chi connectivity index (χ1v) is 6.11. The molecule has 0 amide bonds. The fourth-order valence-corrected chi connectivity index (χ4v) is 3.80. The molecule has 1 aliphatic heterocycles. The smallest absolute Gasteiger partial charge is 0.0143 e. The van der Waals surface area contributed by atoms with Crippen molar-refractivity contribution in [1.29, 1.82) is 0 Å². The van der Waals surface area contributed by atoms with Crippen molar-refractivity contribution in [2.45, 2.75) is 13.8 Å². The number of allylic oxidation sites excluding steroid dienone is 2. The molecule has 0 aromatic heterocycles. The van der Waals surface area contributed by atoms with E-state index in [1.807, 2.05) is 0 Å². The maximum atomic E-state index is 2.47. The third-order valence-electron chi connectivity index (χ3n) is 2.27. The first-order valence-electron chi connectivity index (χ1n) is 3.70. The fraction of sp³-hybridized carbons (Fsp3) is 0.625. The Labute approximate surface area is 74.5 Å². The molecule has 2 heteroatoms. The molecule has 0 bridgehead atoms. The molecule has 1 aliphatic rings. The summed E-state index contributed by atoms with van der Waals surface area (Å²) in [5, 5.41) is 0. The molecule has 0 N–H and O–H groups in total. The predicted molar refractivity (Wildman–Crippen MR) is 58.4 cm³/mol. The Kier molecular flexibility index (Phi) is 4.64. The van der Waals surface area contributed by atoms with Crippen LogP contribution in [0.2, 0.25) is 0 Å². The molecular formula is C8H16BrP. The average molecular weight is 223 g/mol.